The van der Waals surface area contributed by atoms with Gasteiger partial charge in [0.2, 0.25) is 0 Å². The minimum atomic E-state index is 0.125. The Morgan fingerprint density at radius 1 is 1.42 bits per heavy atom. The molecule has 0 aliphatic carbocycles. The van der Waals surface area contributed by atoms with Gasteiger partial charge in [0.05, 0.1) is 0 Å². The molecule has 4 heteroatoms. The summed E-state index contributed by atoms with van der Waals surface area (Å²) in [6.07, 6.45) is 0. The van der Waals surface area contributed by atoms with Crippen LogP contribution in [0.25, 0.3) is 0 Å². The lowest BCUT2D eigenvalue weighted by molar-refractivity contribution is 0.267. The molecule has 0 saturated heterocycles. The van der Waals surface area contributed by atoms with Crippen LogP contribution in [-0.2, 0) is 16.1 Å². The van der Waals surface area contributed by atoms with E-state index in [1.807, 2.05) is 0 Å². The summed E-state index contributed by atoms with van der Waals surface area (Å²) in [5, 5.41) is 1.04. The van der Waals surface area contributed by atoms with Crippen LogP contribution in [0.2, 0.25) is 10.0 Å². The molecule has 12 heavy (non-hydrogen) atoms. The van der Waals surface area contributed by atoms with Crippen molar-refractivity contribution in [3.05, 3.63) is 33.8 Å². The highest BCUT2D eigenvalue weighted by Crippen LogP contribution is 2.21. The standard InChI is InChI=1S/C8H5Cl2O2/c9-7-2-1-6(4-12-5-11)8(10)3-7/h1-3H,4H2. The summed E-state index contributed by atoms with van der Waals surface area (Å²) < 4.78 is 4.41. The molecule has 0 amide bonds. The highest BCUT2D eigenvalue weighted by atomic mass is 35.5. The number of hydrogen-bond donors (Lipinski definition) is 0. The first kappa shape index (κ1) is 9.36. The fourth-order valence-corrected chi connectivity index (χ4v) is 1.21. The van der Waals surface area contributed by atoms with E-state index in [9.17, 15) is 4.79 Å². The van der Waals surface area contributed by atoms with E-state index in [0.29, 0.717) is 15.6 Å². The van der Waals surface area contributed by atoms with E-state index in [1.54, 1.807) is 18.2 Å². The van der Waals surface area contributed by atoms with Gasteiger partial charge in [0.15, 0.2) is 0 Å². The molecular weight excluding hydrogens is 199 g/mol. The molecule has 1 radical (unpaired) electrons. The fourth-order valence-electron chi connectivity index (χ4n) is 0.746. The topological polar surface area (TPSA) is 26.3 Å². The van der Waals surface area contributed by atoms with Crippen LogP contribution in [0.1, 0.15) is 5.56 Å². The third kappa shape index (κ3) is 2.40. The molecule has 0 N–H and O–H groups in total. The summed E-state index contributed by atoms with van der Waals surface area (Å²) in [5.41, 5.74) is 0.712. The molecule has 0 spiro atoms. The van der Waals surface area contributed by atoms with Crippen molar-refractivity contribution in [2.45, 2.75) is 6.61 Å². The van der Waals surface area contributed by atoms with E-state index < -0.39 is 0 Å². The Hall–Kier alpha value is -0.730. The molecule has 0 fully saturated rings. The number of carbonyl (C=O) groups excluding carboxylic acids is 1. The lowest BCUT2D eigenvalue weighted by atomic mass is 10.2. The monoisotopic (exact) mass is 203 g/mol. The smallest absolute Gasteiger partial charge is 0.417 e. The average molecular weight is 204 g/mol. The number of ether oxygens (including phenoxy) is 1. The Kier molecular flexibility index (Phi) is 3.38. The van der Waals surface area contributed by atoms with Gasteiger partial charge in [-0.2, -0.15) is 0 Å². The molecule has 0 heterocycles. The van der Waals surface area contributed by atoms with Crippen LogP contribution in [0.4, 0.5) is 0 Å². The van der Waals surface area contributed by atoms with Crippen molar-refractivity contribution in [2.75, 3.05) is 0 Å². The summed E-state index contributed by atoms with van der Waals surface area (Å²) in [6.45, 7) is 1.44. The Morgan fingerprint density at radius 2 is 2.17 bits per heavy atom. The van der Waals surface area contributed by atoms with Crippen LogP contribution in [0, 0.1) is 0 Å². The predicted octanol–water partition coefficient (Wildman–Crippen LogP) is 2.58. The molecule has 2 nitrogen and oxygen atoms in total. The van der Waals surface area contributed by atoms with E-state index in [0.717, 1.165) is 0 Å². The number of rotatable bonds is 3. The van der Waals surface area contributed by atoms with Crippen LogP contribution in [-0.4, -0.2) is 6.47 Å². The van der Waals surface area contributed by atoms with Crippen LogP contribution in [0.5, 0.6) is 0 Å². The second-order valence-electron chi connectivity index (χ2n) is 2.11. The second kappa shape index (κ2) is 4.33. The molecular formula is C8H5Cl2O2. The lowest BCUT2D eigenvalue weighted by Crippen LogP contribution is -1.90. The van der Waals surface area contributed by atoms with Crippen molar-refractivity contribution < 1.29 is 9.53 Å². The quantitative estimate of drug-likeness (QED) is 0.756. The number of benzene rings is 1. The summed E-state index contributed by atoms with van der Waals surface area (Å²) in [6, 6.07) is 4.96. The van der Waals surface area contributed by atoms with E-state index in [-0.39, 0.29) is 6.61 Å². The first-order valence-corrected chi connectivity index (χ1v) is 3.92. The van der Waals surface area contributed by atoms with Gasteiger partial charge in [-0.1, -0.05) is 29.3 Å². The van der Waals surface area contributed by atoms with Gasteiger partial charge < -0.3 is 4.74 Å². The van der Waals surface area contributed by atoms with Gasteiger partial charge in [0.25, 0.3) is 0 Å². The highest BCUT2D eigenvalue weighted by molar-refractivity contribution is 6.35. The molecule has 0 aliphatic heterocycles. The van der Waals surface area contributed by atoms with Crippen molar-refractivity contribution >= 4 is 29.7 Å². The Morgan fingerprint density at radius 3 is 2.75 bits per heavy atom. The zero-order chi connectivity index (χ0) is 8.97. The summed E-state index contributed by atoms with van der Waals surface area (Å²) in [5.74, 6) is 0. The zero-order valence-corrected chi connectivity index (χ0v) is 7.52. The van der Waals surface area contributed by atoms with Gasteiger partial charge in [-0.05, 0) is 12.1 Å². The average Bonchev–Trinajstić information content (AvgIpc) is 2.03. The molecule has 0 atom stereocenters. The molecule has 1 rings (SSSR count). The Balaban J connectivity index is 2.78. The van der Waals surface area contributed by atoms with Gasteiger partial charge in [-0.3, -0.25) is 0 Å². The van der Waals surface area contributed by atoms with E-state index >= 15 is 0 Å². The normalized spacial score (nSPS) is 9.50. The minimum absolute atomic E-state index is 0.125. The van der Waals surface area contributed by atoms with Crippen LogP contribution >= 0.6 is 23.2 Å². The van der Waals surface area contributed by atoms with Crippen LogP contribution in [0.3, 0.4) is 0 Å². The van der Waals surface area contributed by atoms with Gasteiger partial charge in [-0.25, -0.2) is 4.79 Å². The van der Waals surface area contributed by atoms with Gasteiger partial charge >= 0.3 is 6.47 Å². The first-order chi connectivity index (χ1) is 5.74. The van der Waals surface area contributed by atoms with Crippen molar-refractivity contribution in [3.8, 4) is 0 Å². The van der Waals surface area contributed by atoms with Crippen molar-refractivity contribution in [3.63, 3.8) is 0 Å². The molecule has 1 aromatic rings. The zero-order valence-electron chi connectivity index (χ0n) is 6.01. The maximum absolute atomic E-state index is 9.74. The SMILES string of the molecule is O=[C]OCc1ccc(Cl)cc1Cl. The second-order valence-corrected chi connectivity index (χ2v) is 2.95. The van der Waals surface area contributed by atoms with E-state index in [1.165, 1.54) is 6.47 Å². The molecule has 0 aliphatic rings. The van der Waals surface area contributed by atoms with Crippen molar-refractivity contribution in [1.29, 1.82) is 0 Å². The van der Waals surface area contributed by atoms with Gasteiger partial charge in [0.1, 0.15) is 6.61 Å². The molecule has 0 saturated carbocycles. The molecule has 0 unspecified atom stereocenters. The van der Waals surface area contributed by atoms with Crippen LogP contribution < -0.4 is 0 Å². The van der Waals surface area contributed by atoms with Crippen molar-refractivity contribution in [2.24, 2.45) is 0 Å². The molecule has 0 aromatic heterocycles. The maximum atomic E-state index is 9.74. The van der Waals surface area contributed by atoms with E-state index in [2.05, 4.69) is 4.74 Å². The van der Waals surface area contributed by atoms with Gasteiger partial charge in [-0.15, -0.1) is 0 Å². The minimum Gasteiger partial charge on any atom is -0.452 e. The number of halogens is 2. The van der Waals surface area contributed by atoms with Crippen molar-refractivity contribution in [1.82, 2.24) is 0 Å². The van der Waals surface area contributed by atoms with Crippen LogP contribution in [0.15, 0.2) is 18.2 Å². The summed E-state index contributed by atoms with van der Waals surface area (Å²) >= 11 is 11.4. The maximum Gasteiger partial charge on any atom is 0.417 e. The molecule has 1 aromatic carbocycles. The molecule has 0 bridgehead atoms. The Bertz CT molecular complexity index is 286. The third-order valence-electron chi connectivity index (χ3n) is 1.30. The van der Waals surface area contributed by atoms with E-state index in [4.69, 9.17) is 23.2 Å². The lowest BCUT2D eigenvalue weighted by Gasteiger charge is -2.01. The Labute approximate surface area is 80.0 Å². The summed E-state index contributed by atoms with van der Waals surface area (Å²) in [4.78, 5) is 9.74. The van der Waals surface area contributed by atoms with Gasteiger partial charge in [0, 0.05) is 15.6 Å². The first-order valence-electron chi connectivity index (χ1n) is 3.17. The molecule has 63 valence electrons. The largest absolute Gasteiger partial charge is 0.452 e. The number of hydrogen-bond acceptors (Lipinski definition) is 2. The third-order valence-corrected chi connectivity index (χ3v) is 1.89. The predicted molar refractivity (Wildman–Crippen MR) is 46.9 cm³/mol. The highest BCUT2D eigenvalue weighted by Gasteiger charge is 2.00. The summed E-state index contributed by atoms with van der Waals surface area (Å²) in [7, 11) is 0. The fraction of sp³-hybridized carbons (Fsp3) is 0.125.